The molecule has 2 atom stereocenters. The van der Waals surface area contributed by atoms with E-state index >= 15 is 0 Å². The van der Waals surface area contributed by atoms with Crippen molar-refractivity contribution in [2.24, 2.45) is 0 Å². The van der Waals surface area contributed by atoms with Crippen LogP contribution in [0.5, 0.6) is 0 Å². The minimum atomic E-state index is -0.470. The summed E-state index contributed by atoms with van der Waals surface area (Å²) in [6.45, 7) is 2.95. The second-order valence-corrected chi connectivity index (χ2v) is 7.41. The Hall–Kier alpha value is -1.86. The molecule has 4 N–H and O–H groups in total. The van der Waals surface area contributed by atoms with Gasteiger partial charge in [0.15, 0.2) is 5.16 Å². The van der Waals surface area contributed by atoms with Crippen molar-refractivity contribution in [3.05, 3.63) is 70.5 Å². The highest BCUT2D eigenvalue weighted by atomic mass is 35.5. The van der Waals surface area contributed by atoms with Gasteiger partial charge in [0.25, 0.3) is 5.56 Å². The molecule has 0 spiro atoms. The summed E-state index contributed by atoms with van der Waals surface area (Å²) in [6.07, 6.45) is 0.495. The van der Waals surface area contributed by atoms with E-state index in [1.165, 1.54) is 0 Å². The highest BCUT2D eigenvalue weighted by Crippen LogP contribution is 2.16. The topological polar surface area (TPSA) is 82.6 Å². The summed E-state index contributed by atoms with van der Waals surface area (Å²) in [6, 6.07) is 17.2. The van der Waals surface area contributed by atoms with Crippen molar-refractivity contribution in [3.8, 4) is 0 Å². The summed E-state index contributed by atoms with van der Waals surface area (Å²) >= 11 is 1.56. The molecule has 2 unspecified atom stereocenters. The van der Waals surface area contributed by atoms with Crippen LogP contribution in [0.3, 0.4) is 0 Å². The molecular formula is C20H24ClN3O2S. The second kappa shape index (κ2) is 10.5. The van der Waals surface area contributed by atoms with E-state index in [1.807, 2.05) is 55.5 Å². The number of nitrogens with two attached hydrogens (primary N) is 1. The number of benzene rings is 2. The zero-order chi connectivity index (χ0) is 18.4. The minimum absolute atomic E-state index is 0. The summed E-state index contributed by atoms with van der Waals surface area (Å²) in [5.74, 6) is 0.867. The van der Waals surface area contributed by atoms with Crippen molar-refractivity contribution >= 4 is 22.7 Å². The van der Waals surface area contributed by atoms with Crippen molar-refractivity contribution in [1.82, 2.24) is 9.97 Å². The SMILES string of the molecule is CC([NH2+]CCCSc1nc2ccccc2c(=O)[nH]1)C(O)c1ccccc1.[Cl-]. The van der Waals surface area contributed by atoms with Crippen molar-refractivity contribution in [2.45, 2.75) is 30.6 Å². The minimum Gasteiger partial charge on any atom is -1.00 e. The molecule has 0 aliphatic rings. The van der Waals surface area contributed by atoms with E-state index in [-0.39, 0.29) is 24.0 Å². The Labute approximate surface area is 169 Å². The molecule has 2 aromatic carbocycles. The Balaban J connectivity index is 0.00000261. The standard InChI is InChI=1S/C20H23N3O2S.ClH/c1-14(18(24)15-8-3-2-4-9-15)21-12-7-13-26-20-22-17-11-6-5-10-16(17)19(25)23-20;/h2-6,8-11,14,18,21,24H,7,12-13H2,1H3,(H,22,23,25);1H. The number of quaternary nitrogens is 1. The summed E-state index contributed by atoms with van der Waals surface area (Å²) in [5.41, 5.74) is 1.58. The predicted molar refractivity (Wildman–Crippen MR) is 105 cm³/mol. The van der Waals surface area contributed by atoms with Crippen molar-refractivity contribution in [3.63, 3.8) is 0 Å². The maximum absolute atomic E-state index is 12.0. The van der Waals surface area contributed by atoms with E-state index in [9.17, 15) is 9.90 Å². The van der Waals surface area contributed by atoms with E-state index in [4.69, 9.17) is 0 Å². The van der Waals surface area contributed by atoms with E-state index < -0.39 is 6.10 Å². The molecule has 1 heterocycles. The molecular weight excluding hydrogens is 382 g/mol. The molecule has 144 valence electrons. The lowest BCUT2D eigenvalue weighted by Crippen LogP contribution is -3.00. The maximum Gasteiger partial charge on any atom is 0.259 e. The molecule has 0 amide bonds. The van der Waals surface area contributed by atoms with Crippen LogP contribution in [0.2, 0.25) is 0 Å². The molecule has 1 aromatic heterocycles. The van der Waals surface area contributed by atoms with Crippen molar-refractivity contribution in [1.29, 1.82) is 0 Å². The molecule has 3 rings (SSSR count). The quantitative estimate of drug-likeness (QED) is 0.257. The number of aromatic amines is 1. The van der Waals surface area contributed by atoms with Gasteiger partial charge in [-0.05, 0) is 24.6 Å². The molecule has 3 aromatic rings. The number of H-pyrrole nitrogens is 1. The van der Waals surface area contributed by atoms with Crippen LogP contribution in [0, 0.1) is 0 Å². The first kappa shape index (κ1) is 21.4. The zero-order valence-corrected chi connectivity index (χ0v) is 16.7. The molecule has 0 bridgehead atoms. The maximum atomic E-state index is 12.0. The molecule has 5 nitrogen and oxygen atoms in total. The summed E-state index contributed by atoms with van der Waals surface area (Å²) in [5, 5.41) is 13.8. The molecule has 0 radical (unpaired) electrons. The van der Waals surface area contributed by atoms with Gasteiger partial charge in [-0.2, -0.15) is 0 Å². The number of nitrogens with zero attached hydrogens (tertiary/aromatic N) is 1. The van der Waals surface area contributed by atoms with Crippen LogP contribution in [0.25, 0.3) is 10.9 Å². The van der Waals surface area contributed by atoms with E-state index in [0.717, 1.165) is 29.8 Å². The number of hydrogen-bond acceptors (Lipinski definition) is 4. The third kappa shape index (κ3) is 5.81. The second-order valence-electron chi connectivity index (χ2n) is 6.33. The Kier molecular flexibility index (Phi) is 8.31. The van der Waals surface area contributed by atoms with Crippen LogP contribution in [-0.2, 0) is 0 Å². The lowest BCUT2D eigenvalue weighted by molar-refractivity contribution is -0.694. The summed E-state index contributed by atoms with van der Waals surface area (Å²) < 4.78 is 0. The monoisotopic (exact) mass is 405 g/mol. The Morgan fingerprint density at radius 1 is 1.15 bits per heavy atom. The van der Waals surface area contributed by atoms with Gasteiger partial charge in [0.2, 0.25) is 0 Å². The molecule has 0 saturated heterocycles. The van der Waals surface area contributed by atoms with Crippen LogP contribution in [0.15, 0.2) is 64.5 Å². The van der Waals surface area contributed by atoms with Crippen LogP contribution < -0.4 is 23.3 Å². The predicted octanol–water partition coefficient (Wildman–Crippen LogP) is -0.905. The number of fused-ring (bicyclic) bond motifs is 1. The van der Waals surface area contributed by atoms with Gasteiger partial charge < -0.3 is 27.8 Å². The number of thioether (sulfide) groups is 1. The smallest absolute Gasteiger partial charge is 0.259 e. The number of aromatic nitrogens is 2. The fourth-order valence-electron chi connectivity index (χ4n) is 2.85. The lowest BCUT2D eigenvalue weighted by Gasteiger charge is -2.17. The number of aliphatic hydroxyl groups excluding tert-OH is 1. The third-order valence-electron chi connectivity index (χ3n) is 4.36. The molecule has 0 saturated carbocycles. The highest BCUT2D eigenvalue weighted by molar-refractivity contribution is 7.99. The van der Waals surface area contributed by atoms with Gasteiger partial charge >= 0.3 is 0 Å². The molecule has 0 fully saturated rings. The highest BCUT2D eigenvalue weighted by Gasteiger charge is 2.18. The van der Waals surface area contributed by atoms with Crippen LogP contribution in [0.1, 0.15) is 25.0 Å². The van der Waals surface area contributed by atoms with Crippen molar-refractivity contribution in [2.75, 3.05) is 12.3 Å². The van der Waals surface area contributed by atoms with Crippen LogP contribution >= 0.6 is 11.8 Å². The van der Waals surface area contributed by atoms with E-state index in [0.29, 0.717) is 10.5 Å². The first-order valence-corrected chi connectivity index (χ1v) is 9.82. The largest absolute Gasteiger partial charge is 1.00 e. The molecule has 7 heteroatoms. The van der Waals surface area contributed by atoms with Gasteiger partial charge in [-0.1, -0.05) is 54.2 Å². The Morgan fingerprint density at radius 3 is 2.63 bits per heavy atom. The van der Waals surface area contributed by atoms with Gasteiger partial charge in [-0.3, -0.25) is 4.79 Å². The third-order valence-corrected chi connectivity index (χ3v) is 5.32. The number of para-hydroxylation sites is 1. The Bertz CT molecular complexity index is 904. The van der Waals surface area contributed by atoms with Gasteiger partial charge in [0.05, 0.1) is 17.4 Å². The van der Waals surface area contributed by atoms with Crippen LogP contribution in [-0.4, -0.2) is 33.4 Å². The first-order valence-electron chi connectivity index (χ1n) is 8.83. The van der Waals surface area contributed by atoms with E-state index in [2.05, 4.69) is 15.3 Å². The number of nitrogens with one attached hydrogen (secondary N) is 1. The first-order chi connectivity index (χ1) is 12.6. The zero-order valence-electron chi connectivity index (χ0n) is 15.1. The average Bonchev–Trinajstić information content (AvgIpc) is 2.67. The average molecular weight is 406 g/mol. The lowest BCUT2D eigenvalue weighted by atomic mass is 10.0. The fourth-order valence-corrected chi connectivity index (χ4v) is 3.68. The normalized spacial score (nSPS) is 13.1. The number of rotatable bonds is 8. The van der Waals surface area contributed by atoms with Crippen LogP contribution in [0.4, 0.5) is 0 Å². The summed E-state index contributed by atoms with van der Waals surface area (Å²) in [7, 11) is 0. The number of hydrogen-bond donors (Lipinski definition) is 3. The van der Waals surface area contributed by atoms with Crippen molar-refractivity contribution < 1.29 is 22.8 Å². The Morgan fingerprint density at radius 2 is 1.85 bits per heavy atom. The van der Waals surface area contributed by atoms with Gasteiger partial charge in [-0.25, -0.2) is 4.98 Å². The number of halogens is 1. The molecule has 0 aliphatic heterocycles. The fraction of sp³-hybridized carbons (Fsp3) is 0.300. The van der Waals surface area contributed by atoms with Gasteiger partial charge in [0.1, 0.15) is 12.1 Å². The molecule has 27 heavy (non-hydrogen) atoms. The van der Waals surface area contributed by atoms with Gasteiger partial charge in [-0.15, -0.1) is 0 Å². The summed E-state index contributed by atoms with van der Waals surface area (Å²) in [4.78, 5) is 19.4. The van der Waals surface area contributed by atoms with Gasteiger partial charge in [0, 0.05) is 12.2 Å². The van der Waals surface area contributed by atoms with E-state index in [1.54, 1.807) is 17.8 Å². The molecule has 0 aliphatic carbocycles. The number of aliphatic hydroxyl groups is 1.